The predicted octanol–water partition coefficient (Wildman–Crippen LogP) is 6.26. The van der Waals surface area contributed by atoms with Crippen LogP contribution in [0.3, 0.4) is 0 Å². The molecule has 9 nitrogen and oxygen atoms in total. The molecule has 2 fully saturated rings. The number of hydrogen-bond donors (Lipinski definition) is 1. The molecule has 0 saturated carbocycles. The zero-order valence-electron chi connectivity index (χ0n) is 24.7. The fraction of sp³-hybridized carbons (Fsp3) is 0.364. The molecule has 2 aromatic carbocycles. The van der Waals surface area contributed by atoms with Crippen molar-refractivity contribution in [2.45, 2.75) is 58.1 Å². The summed E-state index contributed by atoms with van der Waals surface area (Å²) >= 11 is 5.81. The molecule has 0 unspecified atom stereocenters. The van der Waals surface area contributed by atoms with Crippen molar-refractivity contribution in [3.63, 3.8) is 0 Å². The Hall–Kier alpha value is -4.06. The lowest BCUT2D eigenvalue weighted by molar-refractivity contribution is -0.131. The number of allylic oxidation sites excluding steroid dienone is 1. The number of halogens is 3. The van der Waals surface area contributed by atoms with E-state index < -0.39 is 17.6 Å². The molecule has 0 amide bonds. The van der Waals surface area contributed by atoms with Crippen molar-refractivity contribution in [2.24, 2.45) is 0 Å². The zero-order chi connectivity index (χ0) is 31.5. The molecule has 0 bridgehead atoms. The van der Waals surface area contributed by atoms with Crippen LogP contribution in [0.4, 0.5) is 8.78 Å². The minimum atomic E-state index is -1.08. The molecule has 2 aliphatic rings. The highest BCUT2D eigenvalue weighted by molar-refractivity contribution is 6.30. The van der Waals surface area contributed by atoms with Gasteiger partial charge >= 0.3 is 5.97 Å². The highest BCUT2D eigenvalue weighted by Gasteiger charge is 2.26. The van der Waals surface area contributed by atoms with Gasteiger partial charge in [-0.3, -0.25) is 4.90 Å². The van der Waals surface area contributed by atoms with E-state index in [-0.39, 0.29) is 30.1 Å². The largest absolute Gasteiger partial charge is 0.484 e. The third-order valence-electron chi connectivity index (χ3n) is 8.10. The lowest BCUT2D eigenvalue weighted by Crippen LogP contribution is -2.39. The standard InChI is InChI=1S/C33H33ClF2N4O5/c1-20(13-32(41)42)21-14-27(36)33-28(15-21)40(17-25-9-12-43-25)30(38-33)18-39-10-7-24(8-11-39)45-31-4-2-3-23(37-31)19-44-29-6-5-22(34)16-26(29)35/h2-6,13-16,24-25H,7-12,17-19H2,1H3,(H,41,42)/b20-13+/t25-/m0/s1. The van der Waals surface area contributed by atoms with Crippen LogP contribution in [0.1, 0.15) is 43.3 Å². The number of imidazole rings is 1. The summed E-state index contributed by atoms with van der Waals surface area (Å²) in [6.07, 6.45) is 3.52. The summed E-state index contributed by atoms with van der Waals surface area (Å²) in [6.45, 7) is 5.01. The van der Waals surface area contributed by atoms with Crippen molar-refractivity contribution in [3.05, 3.63) is 88.3 Å². The molecule has 236 valence electrons. The Morgan fingerprint density at radius 2 is 1.91 bits per heavy atom. The Balaban J connectivity index is 1.10. The van der Waals surface area contributed by atoms with Gasteiger partial charge in [0.25, 0.3) is 0 Å². The minimum absolute atomic E-state index is 0.0292. The zero-order valence-corrected chi connectivity index (χ0v) is 25.5. The fourth-order valence-corrected chi connectivity index (χ4v) is 5.74. The molecule has 6 rings (SSSR count). The first-order chi connectivity index (χ1) is 21.7. The van der Waals surface area contributed by atoms with Gasteiger partial charge in [0.2, 0.25) is 5.88 Å². The van der Waals surface area contributed by atoms with Gasteiger partial charge in [0.15, 0.2) is 17.4 Å². The first-order valence-corrected chi connectivity index (χ1v) is 15.2. The van der Waals surface area contributed by atoms with Crippen molar-refractivity contribution in [1.82, 2.24) is 19.4 Å². The molecule has 0 aliphatic carbocycles. The van der Waals surface area contributed by atoms with E-state index in [9.17, 15) is 14.3 Å². The summed E-state index contributed by atoms with van der Waals surface area (Å²) in [5.41, 5.74) is 2.47. The van der Waals surface area contributed by atoms with Crippen LogP contribution in [0.5, 0.6) is 11.6 Å². The first-order valence-electron chi connectivity index (χ1n) is 14.9. The molecule has 4 heterocycles. The predicted molar refractivity (Wildman–Crippen MR) is 164 cm³/mol. The molecule has 12 heteroatoms. The van der Waals surface area contributed by atoms with Crippen LogP contribution < -0.4 is 9.47 Å². The maximum Gasteiger partial charge on any atom is 0.328 e. The van der Waals surface area contributed by atoms with Crippen molar-refractivity contribution in [3.8, 4) is 11.6 Å². The number of carboxylic acid groups (broad SMARTS) is 1. The van der Waals surface area contributed by atoms with Crippen LogP contribution in [0, 0.1) is 11.6 Å². The maximum absolute atomic E-state index is 15.3. The summed E-state index contributed by atoms with van der Waals surface area (Å²) in [5, 5.41) is 9.47. The summed E-state index contributed by atoms with van der Waals surface area (Å²) in [6, 6.07) is 12.8. The summed E-state index contributed by atoms with van der Waals surface area (Å²) in [4.78, 5) is 22.7. The van der Waals surface area contributed by atoms with Gasteiger partial charge in [-0.15, -0.1) is 0 Å². The number of pyridine rings is 1. The fourth-order valence-electron chi connectivity index (χ4n) is 5.59. The number of aromatic nitrogens is 3. The van der Waals surface area contributed by atoms with E-state index in [1.807, 2.05) is 10.6 Å². The number of nitrogens with zero attached hydrogens (tertiary/aromatic N) is 4. The molecule has 0 spiro atoms. The number of piperidine rings is 1. The molecule has 1 N–H and O–H groups in total. The highest BCUT2D eigenvalue weighted by atomic mass is 35.5. The van der Waals surface area contributed by atoms with Gasteiger partial charge in [-0.1, -0.05) is 17.7 Å². The smallest absolute Gasteiger partial charge is 0.328 e. The van der Waals surface area contributed by atoms with Gasteiger partial charge in [-0.05, 0) is 73.7 Å². The summed E-state index contributed by atoms with van der Waals surface area (Å²) in [5.74, 6) is -0.788. The van der Waals surface area contributed by atoms with Crippen LogP contribution >= 0.6 is 11.6 Å². The number of hydrogen-bond acceptors (Lipinski definition) is 7. The van der Waals surface area contributed by atoms with Gasteiger partial charge in [0.1, 0.15) is 24.1 Å². The third kappa shape index (κ3) is 7.43. The SMILES string of the molecule is C/C(=C\C(=O)O)c1cc(F)c2nc(CN3CCC(Oc4cccc(COc5ccc(Cl)cc5F)n4)CC3)n(C[C@@H]3CCO3)c2c1. The number of benzene rings is 2. The normalized spacial score (nSPS) is 17.8. The van der Waals surface area contributed by atoms with E-state index in [1.54, 1.807) is 31.2 Å². The lowest BCUT2D eigenvalue weighted by Gasteiger charge is -2.32. The van der Waals surface area contributed by atoms with E-state index in [0.29, 0.717) is 52.9 Å². The number of carbonyl (C=O) groups is 1. The van der Waals surface area contributed by atoms with Crippen LogP contribution in [0.2, 0.25) is 5.02 Å². The average molecular weight is 639 g/mol. The first kappa shape index (κ1) is 30.9. The Morgan fingerprint density at radius 3 is 2.62 bits per heavy atom. The van der Waals surface area contributed by atoms with E-state index in [2.05, 4.69) is 9.88 Å². The second kappa shape index (κ2) is 13.5. The van der Waals surface area contributed by atoms with E-state index in [0.717, 1.165) is 44.3 Å². The molecular formula is C33H33ClF2N4O5. The van der Waals surface area contributed by atoms with Crippen molar-refractivity contribution in [1.29, 1.82) is 0 Å². The van der Waals surface area contributed by atoms with Crippen molar-refractivity contribution < 1.29 is 32.9 Å². The van der Waals surface area contributed by atoms with Crippen molar-refractivity contribution in [2.75, 3.05) is 19.7 Å². The number of rotatable bonds is 11. The Bertz CT molecular complexity index is 1730. The number of aliphatic carboxylic acids is 1. The molecule has 2 aliphatic heterocycles. The molecule has 4 aromatic rings. The average Bonchev–Trinajstić information content (AvgIpc) is 3.32. The van der Waals surface area contributed by atoms with Gasteiger partial charge < -0.3 is 23.9 Å². The highest BCUT2D eigenvalue weighted by Crippen LogP contribution is 2.29. The molecular weight excluding hydrogens is 606 g/mol. The van der Waals surface area contributed by atoms with Crippen molar-refractivity contribution >= 4 is 34.2 Å². The second-order valence-corrected chi connectivity index (χ2v) is 11.8. The van der Waals surface area contributed by atoms with Crippen LogP contribution in [-0.4, -0.2) is 62.4 Å². The Labute approximate surface area is 264 Å². The van der Waals surface area contributed by atoms with E-state index >= 15 is 4.39 Å². The molecule has 2 saturated heterocycles. The number of likely N-dealkylation sites (tertiary alicyclic amines) is 1. The van der Waals surface area contributed by atoms with E-state index in [4.69, 9.17) is 30.8 Å². The van der Waals surface area contributed by atoms with Gasteiger partial charge in [0, 0.05) is 36.9 Å². The lowest BCUT2D eigenvalue weighted by atomic mass is 10.1. The monoisotopic (exact) mass is 638 g/mol. The van der Waals surface area contributed by atoms with Gasteiger partial charge in [0.05, 0.1) is 30.4 Å². The minimum Gasteiger partial charge on any atom is -0.484 e. The number of ether oxygens (including phenoxy) is 3. The second-order valence-electron chi connectivity index (χ2n) is 11.3. The Kier molecular flexibility index (Phi) is 9.29. The molecule has 1 atom stereocenters. The number of fused-ring (bicyclic) bond motifs is 1. The molecule has 0 radical (unpaired) electrons. The van der Waals surface area contributed by atoms with Crippen LogP contribution in [-0.2, 0) is 29.2 Å². The van der Waals surface area contributed by atoms with Crippen LogP contribution in [0.15, 0.2) is 54.6 Å². The van der Waals surface area contributed by atoms with Gasteiger partial charge in [-0.2, -0.15) is 0 Å². The summed E-state index contributed by atoms with van der Waals surface area (Å²) in [7, 11) is 0. The van der Waals surface area contributed by atoms with E-state index in [1.165, 1.54) is 18.2 Å². The molecule has 45 heavy (non-hydrogen) atoms. The topological polar surface area (TPSA) is 98.9 Å². The number of carboxylic acids is 1. The molecule has 2 aromatic heterocycles. The quantitative estimate of drug-likeness (QED) is 0.192. The third-order valence-corrected chi connectivity index (χ3v) is 8.33. The van der Waals surface area contributed by atoms with Crippen LogP contribution in [0.25, 0.3) is 16.6 Å². The summed E-state index contributed by atoms with van der Waals surface area (Å²) < 4.78 is 48.8. The Morgan fingerprint density at radius 1 is 1.11 bits per heavy atom. The maximum atomic E-state index is 15.3. The van der Waals surface area contributed by atoms with Gasteiger partial charge in [-0.25, -0.2) is 23.5 Å².